The molecular weight excluding hydrogens is 148 g/mol. The van der Waals surface area contributed by atoms with E-state index < -0.39 is 5.60 Å². The summed E-state index contributed by atoms with van der Waals surface area (Å²) in [5, 5.41) is 10.2. The Kier molecular flexibility index (Phi) is 2.35. The van der Waals surface area contributed by atoms with Gasteiger partial charge in [0.05, 0.1) is 5.60 Å². The molecule has 0 aromatic carbocycles. The molecule has 1 rings (SSSR count). The Labute approximate surface area is 75.5 Å². The third-order valence-corrected chi connectivity index (χ3v) is 3.01. The largest absolute Gasteiger partial charge is 0.386 e. The van der Waals surface area contributed by atoms with Crippen LogP contribution < -0.4 is 0 Å². The molecule has 0 spiro atoms. The summed E-state index contributed by atoms with van der Waals surface area (Å²) in [4.78, 5) is 0. The lowest BCUT2D eigenvalue weighted by Crippen LogP contribution is -2.39. The molecule has 1 heteroatoms. The van der Waals surface area contributed by atoms with Crippen molar-refractivity contribution in [3.05, 3.63) is 12.2 Å². The van der Waals surface area contributed by atoms with E-state index in [1.165, 1.54) is 6.42 Å². The fraction of sp³-hybridized carbons (Fsp3) is 0.818. The lowest BCUT2D eigenvalue weighted by molar-refractivity contribution is -0.00805. The van der Waals surface area contributed by atoms with Gasteiger partial charge in [0, 0.05) is 0 Å². The normalized spacial score (nSPS) is 34.7. The van der Waals surface area contributed by atoms with Crippen LogP contribution in [0.15, 0.2) is 12.2 Å². The first-order valence-corrected chi connectivity index (χ1v) is 4.74. The Balaban J connectivity index is 2.74. The van der Waals surface area contributed by atoms with Crippen molar-refractivity contribution in [1.29, 1.82) is 0 Å². The highest BCUT2D eigenvalue weighted by Crippen LogP contribution is 2.43. The Morgan fingerprint density at radius 2 is 1.92 bits per heavy atom. The molecule has 1 saturated carbocycles. The molecule has 1 nitrogen and oxygen atoms in total. The molecule has 0 aliphatic heterocycles. The van der Waals surface area contributed by atoms with Gasteiger partial charge in [0.15, 0.2) is 0 Å². The van der Waals surface area contributed by atoms with Crippen molar-refractivity contribution in [2.24, 2.45) is 5.41 Å². The van der Waals surface area contributed by atoms with Crippen LogP contribution in [0, 0.1) is 5.41 Å². The maximum atomic E-state index is 10.2. The highest BCUT2D eigenvalue weighted by atomic mass is 16.3. The number of aliphatic hydroxyl groups is 1. The fourth-order valence-electron chi connectivity index (χ4n) is 2.19. The SMILES string of the molecule is C=C(C)C1(O)CCCC(C)(C)C1. The van der Waals surface area contributed by atoms with E-state index >= 15 is 0 Å². The molecule has 0 amide bonds. The van der Waals surface area contributed by atoms with Gasteiger partial charge in [-0.1, -0.05) is 20.4 Å². The summed E-state index contributed by atoms with van der Waals surface area (Å²) < 4.78 is 0. The molecule has 1 aliphatic rings. The zero-order chi connectivity index (χ0) is 9.41. The maximum absolute atomic E-state index is 10.2. The van der Waals surface area contributed by atoms with E-state index in [1.807, 2.05) is 6.92 Å². The van der Waals surface area contributed by atoms with Crippen LogP contribution in [0.4, 0.5) is 0 Å². The van der Waals surface area contributed by atoms with Crippen LogP contribution >= 0.6 is 0 Å². The zero-order valence-corrected chi connectivity index (χ0v) is 8.48. The summed E-state index contributed by atoms with van der Waals surface area (Å²) in [5.41, 5.74) is 0.628. The summed E-state index contributed by atoms with van der Waals surface area (Å²) in [6.45, 7) is 10.2. The average molecular weight is 168 g/mol. The predicted octanol–water partition coefficient (Wildman–Crippen LogP) is 2.89. The molecule has 12 heavy (non-hydrogen) atoms. The van der Waals surface area contributed by atoms with Crippen LogP contribution in [0.25, 0.3) is 0 Å². The first-order valence-electron chi connectivity index (χ1n) is 4.74. The van der Waals surface area contributed by atoms with Gasteiger partial charge < -0.3 is 5.11 Å². The van der Waals surface area contributed by atoms with Crippen LogP contribution in [0.5, 0.6) is 0 Å². The summed E-state index contributed by atoms with van der Waals surface area (Å²) in [7, 11) is 0. The Hall–Kier alpha value is -0.300. The third kappa shape index (κ3) is 1.89. The lowest BCUT2D eigenvalue weighted by Gasteiger charge is -2.42. The molecule has 1 atom stereocenters. The van der Waals surface area contributed by atoms with Crippen molar-refractivity contribution in [2.45, 2.75) is 52.1 Å². The second kappa shape index (κ2) is 2.88. The van der Waals surface area contributed by atoms with Crippen molar-refractivity contribution < 1.29 is 5.11 Å². The first-order chi connectivity index (χ1) is 5.36. The van der Waals surface area contributed by atoms with Crippen LogP contribution in [0.1, 0.15) is 46.5 Å². The van der Waals surface area contributed by atoms with Crippen molar-refractivity contribution in [1.82, 2.24) is 0 Å². The molecule has 0 saturated heterocycles. The van der Waals surface area contributed by atoms with Crippen LogP contribution in [0.3, 0.4) is 0 Å². The number of rotatable bonds is 1. The van der Waals surface area contributed by atoms with Crippen molar-refractivity contribution in [3.63, 3.8) is 0 Å². The zero-order valence-electron chi connectivity index (χ0n) is 8.48. The second-order valence-corrected chi connectivity index (χ2v) is 5.01. The van der Waals surface area contributed by atoms with E-state index in [1.54, 1.807) is 0 Å². The van der Waals surface area contributed by atoms with Crippen LogP contribution in [-0.2, 0) is 0 Å². The van der Waals surface area contributed by atoms with Gasteiger partial charge in [-0.15, -0.1) is 0 Å². The minimum Gasteiger partial charge on any atom is -0.386 e. The standard InChI is InChI=1S/C11H20O/c1-9(2)11(12)7-5-6-10(3,4)8-11/h12H,1,5-8H2,2-4H3. The topological polar surface area (TPSA) is 20.2 Å². The number of hydrogen-bond donors (Lipinski definition) is 1. The highest BCUT2D eigenvalue weighted by Gasteiger charge is 2.38. The van der Waals surface area contributed by atoms with Crippen molar-refractivity contribution >= 4 is 0 Å². The second-order valence-electron chi connectivity index (χ2n) is 5.01. The van der Waals surface area contributed by atoms with Crippen LogP contribution in [-0.4, -0.2) is 10.7 Å². The lowest BCUT2D eigenvalue weighted by atomic mass is 9.68. The quantitative estimate of drug-likeness (QED) is 0.597. The third-order valence-electron chi connectivity index (χ3n) is 3.01. The summed E-state index contributed by atoms with van der Waals surface area (Å²) in [6, 6.07) is 0. The maximum Gasteiger partial charge on any atom is 0.0856 e. The van der Waals surface area contributed by atoms with E-state index in [2.05, 4.69) is 20.4 Å². The van der Waals surface area contributed by atoms with E-state index in [0.717, 1.165) is 24.8 Å². The Morgan fingerprint density at radius 3 is 2.25 bits per heavy atom. The minimum absolute atomic E-state index is 0.284. The first kappa shape index (κ1) is 9.79. The highest BCUT2D eigenvalue weighted by molar-refractivity contribution is 5.12. The summed E-state index contributed by atoms with van der Waals surface area (Å²) in [5.74, 6) is 0. The molecule has 0 radical (unpaired) electrons. The molecular formula is C11H20O. The molecule has 1 fully saturated rings. The molecule has 0 heterocycles. The molecule has 1 unspecified atom stereocenters. The molecule has 0 bridgehead atoms. The van der Waals surface area contributed by atoms with Gasteiger partial charge in [-0.05, 0) is 43.6 Å². The van der Waals surface area contributed by atoms with E-state index in [9.17, 15) is 5.11 Å². The minimum atomic E-state index is -0.582. The molecule has 70 valence electrons. The van der Waals surface area contributed by atoms with Gasteiger partial charge in [-0.25, -0.2) is 0 Å². The molecule has 0 aromatic heterocycles. The average Bonchev–Trinajstić information content (AvgIpc) is 1.83. The fourth-order valence-corrected chi connectivity index (χ4v) is 2.19. The summed E-state index contributed by atoms with van der Waals surface area (Å²) >= 11 is 0. The van der Waals surface area contributed by atoms with E-state index in [-0.39, 0.29) is 5.41 Å². The smallest absolute Gasteiger partial charge is 0.0856 e. The van der Waals surface area contributed by atoms with Gasteiger partial charge in [0.25, 0.3) is 0 Å². The Morgan fingerprint density at radius 1 is 1.33 bits per heavy atom. The van der Waals surface area contributed by atoms with Gasteiger partial charge in [0.2, 0.25) is 0 Å². The van der Waals surface area contributed by atoms with Gasteiger partial charge in [-0.3, -0.25) is 0 Å². The summed E-state index contributed by atoms with van der Waals surface area (Å²) in [6.07, 6.45) is 4.11. The Bertz CT molecular complexity index is 193. The van der Waals surface area contributed by atoms with E-state index in [0.29, 0.717) is 0 Å². The molecule has 1 N–H and O–H groups in total. The molecule has 0 aromatic rings. The van der Waals surface area contributed by atoms with Crippen molar-refractivity contribution in [2.75, 3.05) is 0 Å². The van der Waals surface area contributed by atoms with Gasteiger partial charge in [0.1, 0.15) is 0 Å². The predicted molar refractivity (Wildman–Crippen MR) is 52.0 cm³/mol. The van der Waals surface area contributed by atoms with Crippen molar-refractivity contribution in [3.8, 4) is 0 Å². The number of hydrogen-bond acceptors (Lipinski definition) is 1. The monoisotopic (exact) mass is 168 g/mol. The molecule has 1 aliphatic carbocycles. The van der Waals surface area contributed by atoms with E-state index in [4.69, 9.17) is 0 Å². The van der Waals surface area contributed by atoms with Gasteiger partial charge in [-0.2, -0.15) is 0 Å². The van der Waals surface area contributed by atoms with Gasteiger partial charge >= 0.3 is 0 Å². The van der Waals surface area contributed by atoms with Crippen LogP contribution in [0.2, 0.25) is 0 Å².